The van der Waals surface area contributed by atoms with Crippen molar-refractivity contribution in [3.8, 4) is 0 Å². The van der Waals surface area contributed by atoms with Crippen molar-refractivity contribution in [1.29, 1.82) is 0 Å². The molecule has 0 spiro atoms. The van der Waals surface area contributed by atoms with Crippen LogP contribution in [0.15, 0.2) is 0 Å². The fourth-order valence-electron chi connectivity index (χ4n) is 1.55. The average Bonchev–Trinajstić information content (AvgIpc) is 2.22. The molecule has 0 aliphatic rings. The lowest BCUT2D eigenvalue weighted by molar-refractivity contribution is 0.242. The monoisotopic (exact) mass is 546 g/mol. The smallest absolute Gasteiger partial charge is 0.184 e. The van der Waals surface area contributed by atoms with Crippen LogP contribution in [0.5, 0.6) is 0 Å². The van der Waals surface area contributed by atoms with Gasteiger partial charge in [-0.25, -0.2) is 0 Å². The van der Waals surface area contributed by atoms with Crippen molar-refractivity contribution < 1.29 is 8.85 Å². The van der Waals surface area contributed by atoms with Crippen molar-refractivity contribution in [3.63, 3.8) is 0 Å². The molecule has 2 atom stereocenters. The molecule has 0 bridgehead atoms. The maximum absolute atomic E-state index is 6.18. The van der Waals surface area contributed by atoms with E-state index in [0.29, 0.717) is 12.2 Å². The molecule has 2 nitrogen and oxygen atoms in total. The quantitative estimate of drug-likeness (QED) is 0.218. The van der Waals surface area contributed by atoms with Crippen LogP contribution in [0.4, 0.5) is 0 Å². The normalized spacial score (nSPS) is 16.4. The van der Waals surface area contributed by atoms with Crippen molar-refractivity contribution in [2.75, 3.05) is 20.4 Å². The van der Waals surface area contributed by atoms with E-state index in [1.165, 1.54) is 0 Å². The zero-order valence-electron chi connectivity index (χ0n) is 13.0. The topological polar surface area (TPSA) is 18.5 Å². The van der Waals surface area contributed by atoms with Gasteiger partial charge < -0.3 is 8.85 Å². The molecular weight excluding hydrogens is 518 g/mol. The molecule has 116 valence electrons. The van der Waals surface area contributed by atoms with Crippen LogP contribution < -0.4 is 0 Å². The minimum atomic E-state index is -1.41. The highest BCUT2D eigenvalue weighted by Crippen LogP contribution is 2.18. The summed E-state index contributed by atoms with van der Waals surface area (Å²) in [5, 5.41) is 0. The summed E-state index contributed by atoms with van der Waals surface area (Å²) in [6.07, 6.45) is 0.804. The Bertz CT molecular complexity index is 221. The molecule has 0 saturated heterocycles. The molecule has 19 heavy (non-hydrogen) atoms. The predicted molar refractivity (Wildman–Crippen MR) is 112 cm³/mol. The van der Waals surface area contributed by atoms with Gasteiger partial charge >= 0.3 is 0 Å². The van der Waals surface area contributed by atoms with E-state index >= 15 is 0 Å². The minimum Gasteiger partial charge on any atom is -0.413 e. The first-order valence-corrected chi connectivity index (χ1v) is 17.6. The number of thioether (sulfide) groups is 1. The third-order valence-corrected chi connectivity index (χ3v) is 7.25. The van der Waals surface area contributed by atoms with Crippen LogP contribution in [0.1, 0.15) is 0 Å². The maximum Gasteiger partial charge on any atom is 0.184 e. The van der Waals surface area contributed by atoms with Gasteiger partial charge in [0.25, 0.3) is 0 Å². The minimum absolute atomic E-state index is 0.402. The molecule has 0 aromatic rings. The Morgan fingerprint density at radius 1 is 0.789 bits per heavy atom. The second-order valence-electron chi connectivity index (χ2n) is 6.55. The molecule has 2 unspecified atom stereocenters. The lowest BCUT2D eigenvalue weighted by Crippen LogP contribution is -2.36. The van der Waals surface area contributed by atoms with E-state index in [2.05, 4.69) is 84.5 Å². The van der Waals surface area contributed by atoms with E-state index < -0.39 is 16.6 Å². The SMILES string of the molecule is C[Si](C)(C)OC(CI)CSCC(CI)O[Si](C)(C)C. The summed E-state index contributed by atoms with van der Waals surface area (Å²) >= 11 is 6.86. The van der Waals surface area contributed by atoms with E-state index in [1.54, 1.807) is 0 Å². The van der Waals surface area contributed by atoms with Crippen LogP contribution in [0.2, 0.25) is 39.3 Å². The first-order valence-electron chi connectivity index (χ1n) is 6.62. The van der Waals surface area contributed by atoms with E-state index in [1.807, 2.05) is 11.8 Å². The lowest BCUT2D eigenvalue weighted by atomic mass is 10.5. The average molecular weight is 546 g/mol. The Morgan fingerprint density at radius 2 is 1.11 bits per heavy atom. The van der Waals surface area contributed by atoms with Crippen molar-refractivity contribution in [2.24, 2.45) is 0 Å². The van der Waals surface area contributed by atoms with E-state index in [-0.39, 0.29) is 0 Å². The van der Waals surface area contributed by atoms with Gasteiger partial charge in [-0.3, -0.25) is 0 Å². The molecular formula is C12H28I2O2SSi2. The van der Waals surface area contributed by atoms with Gasteiger partial charge in [0.05, 0.1) is 12.2 Å². The van der Waals surface area contributed by atoms with Gasteiger partial charge in [0.1, 0.15) is 0 Å². The standard InChI is InChI=1S/C12H28I2O2SSi2/c1-18(2,3)15-11(7-13)9-17-10-12(8-14)16-19(4,5)6/h11-12H,7-10H2,1-6H3. The highest BCUT2D eigenvalue weighted by atomic mass is 127. The first kappa shape index (κ1) is 21.2. The second kappa shape index (κ2) is 10.0. The van der Waals surface area contributed by atoms with Gasteiger partial charge in [-0.2, -0.15) is 11.8 Å². The fourth-order valence-corrected chi connectivity index (χ4v) is 7.67. The first-order chi connectivity index (χ1) is 8.57. The van der Waals surface area contributed by atoms with Crippen molar-refractivity contribution in [2.45, 2.75) is 51.5 Å². The molecule has 0 aromatic heterocycles. The van der Waals surface area contributed by atoms with Crippen LogP contribution in [0, 0.1) is 0 Å². The molecule has 0 aliphatic carbocycles. The van der Waals surface area contributed by atoms with Gasteiger partial charge in [0.15, 0.2) is 16.6 Å². The molecule has 0 radical (unpaired) electrons. The zero-order valence-corrected chi connectivity index (χ0v) is 20.1. The number of hydrogen-bond donors (Lipinski definition) is 0. The van der Waals surface area contributed by atoms with Gasteiger partial charge in [0.2, 0.25) is 0 Å². The van der Waals surface area contributed by atoms with Crippen LogP contribution in [0.3, 0.4) is 0 Å². The largest absolute Gasteiger partial charge is 0.413 e. The Kier molecular flexibility index (Phi) is 11.2. The van der Waals surface area contributed by atoms with Crippen LogP contribution in [0.25, 0.3) is 0 Å². The third kappa shape index (κ3) is 13.5. The Hall–Kier alpha value is 2.16. The summed E-state index contributed by atoms with van der Waals surface area (Å²) in [4.78, 5) is 0. The maximum atomic E-state index is 6.18. The molecule has 7 heteroatoms. The third-order valence-electron chi connectivity index (χ3n) is 1.99. The van der Waals surface area contributed by atoms with Crippen molar-refractivity contribution >= 4 is 73.6 Å². The van der Waals surface area contributed by atoms with Crippen molar-refractivity contribution in [3.05, 3.63) is 0 Å². The molecule has 0 rings (SSSR count). The molecule has 0 N–H and O–H groups in total. The number of rotatable bonds is 10. The lowest BCUT2D eigenvalue weighted by Gasteiger charge is -2.27. The number of alkyl halides is 2. The number of hydrogen-bond acceptors (Lipinski definition) is 3. The van der Waals surface area contributed by atoms with E-state index in [0.717, 1.165) is 20.4 Å². The van der Waals surface area contributed by atoms with Gasteiger partial charge in [-0.15, -0.1) is 0 Å². The summed E-state index contributed by atoms with van der Waals surface area (Å²) in [5.74, 6) is 2.19. The second-order valence-corrected chi connectivity index (χ2v) is 18.3. The molecule has 0 aliphatic heterocycles. The van der Waals surface area contributed by atoms with Gasteiger partial charge in [-0.05, 0) is 39.3 Å². The Labute approximate surface area is 153 Å². The highest BCUT2D eigenvalue weighted by molar-refractivity contribution is 14.1. The Balaban J connectivity index is 4.03. The summed E-state index contributed by atoms with van der Waals surface area (Å²) in [6.45, 7) is 13.6. The van der Waals surface area contributed by atoms with E-state index in [4.69, 9.17) is 8.85 Å². The fraction of sp³-hybridized carbons (Fsp3) is 1.00. The summed E-state index contributed by atoms with van der Waals surface area (Å²) < 4.78 is 14.5. The number of halogens is 2. The predicted octanol–water partition coefficient (Wildman–Crippen LogP) is 5.03. The van der Waals surface area contributed by atoms with Crippen molar-refractivity contribution in [1.82, 2.24) is 0 Å². The molecule has 0 heterocycles. The molecule has 0 amide bonds. The summed E-state index contributed by atoms with van der Waals surface area (Å²) in [5.41, 5.74) is 0. The molecule has 0 saturated carbocycles. The molecule has 0 fully saturated rings. The van der Waals surface area contributed by atoms with Crippen LogP contribution in [-0.4, -0.2) is 49.2 Å². The summed E-state index contributed by atoms with van der Waals surface area (Å²) in [7, 11) is -2.82. The van der Waals surface area contributed by atoms with Crippen LogP contribution in [-0.2, 0) is 8.85 Å². The van der Waals surface area contributed by atoms with Crippen LogP contribution >= 0.6 is 56.9 Å². The highest BCUT2D eigenvalue weighted by Gasteiger charge is 2.23. The molecule has 0 aromatic carbocycles. The Morgan fingerprint density at radius 3 is 1.32 bits per heavy atom. The van der Waals surface area contributed by atoms with E-state index in [9.17, 15) is 0 Å². The van der Waals surface area contributed by atoms with Gasteiger partial charge in [0, 0.05) is 20.4 Å². The van der Waals surface area contributed by atoms with Gasteiger partial charge in [-0.1, -0.05) is 45.2 Å². The summed E-state index contributed by atoms with van der Waals surface area (Å²) in [6, 6.07) is 0. The zero-order chi connectivity index (χ0) is 15.1.